The summed E-state index contributed by atoms with van der Waals surface area (Å²) in [5.41, 5.74) is 0.0388. The molecule has 0 bridgehead atoms. The predicted octanol–water partition coefficient (Wildman–Crippen LogP) is 5.91. The number of piperazine rings is 1. The van der Waals surface area contributed by atoms with Crippen molar-refractivity contribution >= 4 is 35.1 Å². The average molecular weight is 667 g/mol. The van der Waals surface area contributed by atoms with Crippen LogP contribution in [0.3, 0.4) is 0 Å². The fourth-order valence-electron chi connectivity index (χ4n) is 5.71. The Balaban J connectivity index is 1.02. The Kier molecular flexibility index (Phi) is 9.75. The van der Waals surface area contributed by atoms with Gasteiger partial charge >= 0.3 is 12.2 Å². The normalized spacial score (nSPS) is 16.1. The van der Waals surface area contributed by atoms with E-state index in [1.165, 1.54) is 36.0 Å². The monoisotopic (exact) mass is 666 g/mol. The number of aromatic nitrogens is 2. The first kappa shape index (κ1) is 32.7. The molecule has 4 heterocycles. The average Bonchev–Trinajstić information content (AvgIpc) is 3.53. The maximum atomic E-state index is 13.9. The second-order valence-corrected chi connectivity index (χ2v) is 11.6. The van der Waals surface area contributed by atoms with Crippen molar-refractivity contribution in [3.63, 3.8) is 0 Å². The third kappa shape index (κ3) is 8.02. The topological polar surface area (TPSA) is 119 Å². The first-order chi connectivity index (χ1) is 23.1. The molecule has 2 saturated heterocycles. The standard InChI is InChI=1S/C33H34F4N8O3/c34-25-8-4-5-9-26(25)41-32(47)45-18-16-44(17-19-45)27-11-10-24(20-38-27)39-30(46)28-29(33(35,36)37)42-31(48-28)40-23-12-14-43(15-13-23)21-22-6-2-1-3-7-22/h1-11,20,23H,12-19,21H2,(H,39,46)(H,40,42)(H,41,47). The van der Waals surface area contributed by atoms with Crippen LogP contribution in [0.5, 0.6) is 0 Å². The van der Waals surface area contributed by atoms with Gasteiger partial charge < -0.3 is 30.2 Å². The van der Waals surface area contributed by atoms with E-state index in [0.717, 1.165) is 19.6 Å². The zero-order chi connectivity index (χ0) is 33.7. The molecule has 2 aromatic carbocycles. The number of carbonyl (C=O) groups excluding carboxylic acids is 2. The molecule has 3 N–H and O–H groups in total. The number of amides is 3. The van der Waals surface area contributed by atoms with Crippen LogP contribution >= 0.6 is 0 Å². The molecule has 15 heteroatoms. The zero-order valence-electron chi connectivity index (χ0n) is 25.8. The predicted molar refractivity (Wildman–Crippen MR) is 171 cm³/mol. The van der Waals surface area contributed by atoms with Crippen molar-refractivity contribution in [2.75, 3.05) is 60.1 Å². The Bertz CT molecular complexity index is 1700. The SMILES string of the molecule is O=C(Nc1ccc(N2CCN(C(=O)Nc3ccccc3F)CC2)nc1)c1oc(NC2CCN(Cc3ccccc3)CC2)nc1C(F)(F)F. The number of likely N-dealkylation sites (tertiary alicyclic amines) is 1. The van der Waals surface area contributed by atoms with Crippen LogP contribution in [0, 0.1) is 5.82 Å². The smallest absolute Gasteiger partial charge is 0.418 e. The molecule has 0 radical (unpaired) electrons. The van der Waals surface area contributed by atoms with Crippen molar-refractivity contribution in [1.29, 1.82) is 0 Å². The number of hydrogen-bond donors (Lipinski definition) is 3. The third-order valence-corrected chi connectivity index (χ3v) is 8.28. The lowest BCUT2D eigenvalue weighted by Crippen LogP contribution is -2.50. The fraction of sp³-hybridized carbons (Fsp3) is 0.333. The number of halogens is 4. The highest BCUT2D eigenvalue weighted by Crippen LogP contribution is 2.34. The van der Waals surface area contributed by atoms with E-state index in [-0.39, 0.29) is 23.4 Å². The number of alkyl halides is 3. The molecular weight excluding hydrogens is 632 g/mol. The number of urea groups is 1. The van der Waals surface area contributed by atoms with Crippen molar-refractivity contribution in [2.24, 2.45) is 0 Å². The van der Waals surface area contributed by atoms with Gasteiger partial charge in [0.25, 0.3) is 11.9 Å². The molecule has 6 rings (SSSR count). The highest BCUT2D eigenvalue weighted by atomic mass is 19.4. The molecule has 2 aliphatic heterocycles. The van der Waals surface area contributed by atoms with Crippen molar-refractivity contribution in [3.05, 3.63) is 95.8 Å². The molecule has 252 valence electrons. The van der Waals surface area contributed by atoms with Crippen molar-refractivity contribution in [2.45, 2.75) is 31.6 Å². The molecule has 0 spiro atoms. The lowest BCUT2D eigenvalue weighted by molar-refractivity contribution is -0.141. The molecule has 0 atom stereocenters. The molecule has 0 unspecified atom stereocenters. The molecule has 0 aliphatic carbocycles. The first-order valence-corrected chi connectivity index (χ1v) is 15.6. The van der Waals surface area contributed by atoms with Crippen molar-refractivity contribution < 1.29 is 31.6 Å². The summed E-state index contributed by atoms with van der Waals surface area (Å²) in [6, 6.07) is 18.1. The van der Waals surface area contributed by atoms with E-state index in [2.05, 4.69) is 43.0 Å². The molecule has 2 aliphatic rings. The second-order valence-electron chi connectivity index (χ2n) is 11.6. The van der Waals surface area contributed by atoms with Crippen LogP contribution in [0.1, 0.15) is 34.7 Å². The number of piperidine rings is 1. The van der Waals surface area contributed by atoms with Gasteiger partial charge in [-0.25, -0.2) is 14.2 Å². The number of benzene rings is 2. The summed E-state index contributed by atoms with van der Waals surface area (Å²) in [4.78, 5) is 39.2. The lowest BCUT2D eigenvalue weighted by Gasteiger charge is -2.35. The van der Waals surface area contributed by atoms with Gasteiger partial charge in [0.2, 0.25) is 5.76 Å². The third-order valence-electron chi connectivity index (χ3n) is 8.28. The molecule has 4 aromatic rings. The number of nitrogens with zero attached hydrogens (tertiary/aromatic N) is 5. The van der Waals surface area contributed by atoms with E-state index < -0.39 is 35.4 Å². The van der Waals surface area contributed by atoms with Crippen LogP contribution in [0.15, 0.2) is 77.3 Å². The van der Waals surface area contributed by atoms with Gasteiger partial charge in [-0.2, -0.15) is 18.2 Å². The van der Waals surface area contributed by atoms with Crippen LogP contribution in [0.2, 0.25) is 0 Å². The highest BCUT2D eigenvalue weighted by Gasteiger charge is 2.41. The first-order valence-electron chi connectivity index (χ1n) is 15.6. The largest absolute Gasteiger partial charge is 0.437 e. The van der Waals surface area contributed by atoms with E-state index in [1.54, 1.807) is 17.0 Å². The number of para-hydroxylation sites is 1. The Labute approximate surface area is 273 Å². The van der Waals surface area contributed by atoms with Gasteiger partial charge in [-0.05, 0) is 42.7 Å². The number of carbonyl (C=O) groups is 2. The van der Waals surface area contributed by atoms with E-state index >= 15 is 0 Å². The number of pyridine rings is 1. The Morgan fingerprint density at radius 2 is 1.58 bits per heavy atom. The quantitative estimate of drug-likeness (QED) is 0.199. The summed E-state index contributed by atoms with van der Waals surface area (Å²) in [6.45, 7) is 3.88. The number of anilines is 4. The molecule has 48 heavy (non-hydrogen) atoms. The van der Waals surface area contributed by atoms with E-state index in [4.69, 9.17) is 4.42 Å². The number of nitrogens with one attached hydrogen (secondary N) is 3. The fourth-order valence-corrected chi connectivity index (χ4v) is 5.71. The molecule has 2 fully saturated rings. The number of oxazole rings is 1. The van der Waals surface area contributed by atoms with Crippen LogP contribution in [0.25, 0.3) is 0 Å². The Hall–Kier alpha value is -5.18. The highest BCUT2D eigenvalue weighted by molar-refractivity contribution is 6.03. The summed E-state index contributed by atoms with van der Waals surface area (Å²) in [6.07, 6.45) is -2.24. The van der Waals surface area contributed by atoms with Gasteiger partial charge in [0, 0.05) is 51.9 Å². The lowest BCUT2D eigenvalue weighted by atomic mass is 10.0. The summed E-state index contributed by atoms with van der Waals surface area (Å²) < 4.78 is 60.8. The minimum Gasteiger partial charge on any atom is -0.418 e. The van der Waals surface area contributed by atoms with Gasteiger partial charge in [0.15, 0.2) is 5.69 Å². The zero-order valence-corrected chi connectivity index (χ0v) is 25.8. The van der Waals surface area contributed by atoms with Crippen molar-refractivity contribution in [1.82, 2.24) is 19.8 Å². The Morgan fingerprint density at radius 1 is 0.875 bits per heavy atom. The summed E-state index contributed by atoms with van der Waals surface area (Å²) in [5.74, 6) is -2.02. The molecular formula is C33H34F4N8O3. The maximum Gasteiger partial charge on any atom is 0.437 e. The van der Waals surface area contributed by atoms with E-state index in [0.29, 0.717) is 44.8 Å². The molecule has 11 nitrogen and oxygen atoms in total. The number of rotatable bonds is 8. The minimum atomic E-state index is -4.91. The molecule has 2 aromatic heterocycles. The van der Waals surface area contributed by atoms with E-state index in [1.807, 2.05) is 23.1 Å². The summed E-state index contributed by atoms with van der Waals surface area (Å²) in [7, 11) is 0. The van der Waals surface area contributed by atoms with Gasteiger partial charge in [0.1, 0.15) is 11.6 Å². The number of hydrogen-bond acceptors (Lipinski definition) is 8. The van der Waals surface area contributed by atoms with Crippen LogP contribution in [-0.4, -0.2) is 77.0 Å². The van der Waals surface area contributed by atoms with Gasteiger partial charge in [-0.1, -0.05) is 42.5 Å². The van der Waals surface area contributed by atoms with Crippen LogP contribution < -0.4 is 20.9 Å². The molecule has 3 amide bonds. The molecule has 0 saturated carbocycles. The van der Waals surface area contributed by atoms with Crippen LogP contribution in [-0.2, 0) is 12.7 Å². The minimum absolute atomic E-state index is 0.0971. The summed E-state index contributed by atoms with van der Waals surface area (Å²) in [5, 5.41) is 7.92. The van der Waals surface area contributed by atoms with Crippen molar-refractivity contribution in [3.8, 4) is 0 Å². The maximum absolute atomic E-state index is 13.9. The van der Waals surface area contributed by atoms with Gasteiger partial charge in [-0.15, -0.1) is 0 Å². The Morgan fingerprint density at radius 3 is 2.25 bits per heavy atom. The second kappa shape index (κ2) is 14.3. The van der Waals surface area contributed by atoms with Crippen LogP contribution in [0.4, 0.5) is 45.6 Å². The summed E-state index contributed by atoms with van der Waals surface area (Å²) >= 11 is 0. The van der Waals surface area contributed by atoms with E-state index in [9.17, 15) is 27.2 Å². The van der Waals surface area contributed by atoms with Gasteiger partial charge in [0.05, 0.1) is 17.6 Å². The van der Waals surface area contributed by atoms with Gasteiger partial charge in [-0.3, -0.25) is 9.69 Å².